The number of pyridine rings is 1. The minimum atomic E-state index is 0. The van der Waals surface area contributed by atoms with E-state index in [0.29, 0.717) is 5.82 Å². The average molecular weight is 341 g/mol. The highest BCUT2D eigenvalue weighted by Gasteiger charge is 2.09. The van der Waals surface area contributed by atoms with Gasteiger partial charge in [0.05, 0.1) is 5.69 Å². The van der Waals surface area contributed by atoms with Gasteiger partial charge >= 0.3 is 0 Å². The van der Waals surface area contributed by atoms with Crippen LogP contribution in [-0.4, -0.2) is 21.5 Å². The highest BCUT2D eigenvalue weighted by molar-refractivity contribution is 5.85. The Morgan fingerprint density at radius 2 is 1.67 bits per heavy atom. The normalized spacial score (nSPS) is 10.1. The molecule has 2 heterocycles. The molecule has 1 aromatic carbocycles. The molecular weight excluding hydrogens is 320 g/mol. The molecular formula is C19H21ClN4. The van der Waals surface area contributed by atoms with Crippen LogP contribution in [-0.2, 0) is 0 Å². The number of hydrogen-bond donors (Lipinski definition) is 1. The molecule has 0 saturated heterocycles. The fraction of sp³-hybridized carbons (Fsp3) is 0.211. The molecule has 0 spiro atoms. The van der Waals surface area contributed by atoms with Crippen molar-refractivity contribution in [1.29, 1.82) is 0 Å². The molecule has 1 N–H and O–H groups in total. The topological polar surface area (TPSA) is 50.7 Å². The Balaban J connectivity index is 0.00000208. The van der Waals surface area contributed by atoms with E-state index in [2.05, 4.69) is 34.3 Å². The molecule has 0 aliphatic rings. The van der Waals surface area contributed by atoms with E-state index < -0.39 is 0 Å². The summed E-state index contributed by atoms with van der Waals surface area (Å²) in [7, 11) is 0. The van der Waals surface area contributed by atoms with E-state index in [1.807, 2.05) is 49.4 Å². The van der Waals surface area contributed by atoms with Crippen molar-refractivity contribution in [2.75, 3.05) is 11.9 Å². The van der Waals surface area contributed by atoms with Crippen LogP contribution in [0.1, 0.15) is 19.0 Å². The Morgan fingerprint density at radius 3 is 2.38 bits per heavy atom. The van der Waals surface area contributed by atoms with Crippen LogP contribution in [0.2, 0.25) is 0 Å². The van der Waals surface area contributed by atoms with Gasteiger partial charge in [-0.05, 0) is 25.5 Å². The van der Waals surface area contributed by atoms with Crippen LogP contribution in [0.5, 0.6) is 0 Å². The predicted octanol–water partition coefficient (Wildman–Crippen LogP) is 4.76. The molecule has 3 rings (SSSR count). The van der Waals surface area contributed by atoms with E-state index in [9.17, 15) is 0 Å². The first-order valence-electron chi connectivity index (χ1n) is 7.88. The monoisotopic (exact) mass is 340 g/mol. The lowest BCUT2D eigenvalue weighted by molar-refractivity contribution is 0.965. The van der Waals surface area contributed by atoms with Crippen molar-refractivity contribution in [3.8, 4) is 22.8 Å². The molecule has 0 bridgehead atoms. The first-order valence-corrected chi connectivity index (χ1v) is 7.88. The maximum Gasteiger partial charge on any atom is 0.180 e. The maximum atomic E-state index is 4.71. The number of rotatable bonds is 5. The van der Waals surface area contributed by atoms with Crippen molar-refractivity contribution < 1.29 is 0 Å². The van der Waals surface area contributed by atoms with E-state index in [1.54, 1.807) is 0 Å². The summed E-state index contributed by atoms with van der Waals surface area (Å²) in [5.41, 5.74) is 3.72. The fourth-order valence-corrected chi connectivity index (χ4v) is 2.33. The summed E-state index contributed by atoms with van der Waals surface area (Å²) in [5.74, 6) is 1.48. The standard InChI is InChI=1S/C19H20N4.ClH/c1-3-12-20-18-13-17(15-9-5-4-6-10-15)22-19(23-18)16-11-7-8-14(2)21-16;/h4-11,13H,3,12H2,1-2H3,(H,20,22,23);1H. The van der Waals surface area contributed by atoms with Gasteiger partial charge in [-0.3, -0.25) is 0 Å². The molecule has 0 saturated carbocycles. The lowest BCUT2D eigenvalue weighted by atomic mass is 10.1. The van der Waals surface area contributed by atoms with Gasteiger partial charge in [0.1, 0.15) is 11.5 Å². The van der Waals surface area contributed by atoms with Crippen molar-refractivity contribution in [2.45, 2.75) is 20.3 Å². The van der Waals surface area contributed by atoms with E-state index >= 15 is 0 Å². The number of anilines is 1. The van der Waals surface area contributed by atoms with Crippen molar-refractivity contribution in [1.82, 2.24) is 15.0 Å². The van der Waals surface area contributed by atoms with Crippen molar-refractivity contribution in [3.63, 3.8) is 0 Å². The molecule has 0 aliphatic heterocycles. The highest BCUT2D eigenvalue weighted by atomic mass is 35.5. The van der Waals surface area contributed by atoms with Crippen molar-refractivity contribution in [2.24, 2.45) is 0 Å². The average Bonchev–Trinajstić information content (AvgIpc) is 2.60. The van der Waals surface area contributed by atoms with Gasteiger partial charge in [0.25, 0.3) is 0 Å². The lowest BCUT2D eigenvalue weighted by Gasteiger charge is -2.10. The largest absolute Gasteiger partial charge is 0.370 e. The molecule has 3 aromatic rings. The van der Waals surface area contributed by atoms with Gasteiger partial charge < -0.3 is 5.32 Å². The van der Waals surface area contributed by atoms with Crippen LogP contribution in [0.4, 0.5) is 5.82 Å². The zero-order valence-corrected chi connectivity index (χ0v) is 14.7. The number of aromatic nitrogens is 3. The minimum Gasteiger partial charge on any atom is -0.370 e. The van der Waals surface area contributed by atoms with Gasteiger partial charge in [0.15, 0.2) is 5.82 Å². The summed E-state index contributed by atoms with van der Waals surface area (Å²) < 4.78 is 0. The van der Waals surface area contributed by atoms with Crippen LogP contribution in [0.3, 0.4) is 0 Å². The molecule has 24 heavy (non-hydrogen) atoms. The molecule has 2 aromatic heterocycles. The number of nitrogens with zero attached hydrogens (tertiary/aromatic N) is 3. The lowest BCUT2D eigenvalue weighted by Crippen LogP contribution is -2.05. The molecule has 0 atom stereocenters. The van der Waals surface area contributed by atoms with Crippen molar-refractivity contribution in [3.05, 3.63) is 60.3 Å². The van der Waals surface area contributed by atoms with Crippen LogP contribution >= 0.6 is 12.4 Å². The SMILES string of the molecule is CCCNc1cc(-c2ccccc2)nc(-c2cccc(C)n2)n1.Cl. The summed E-state index contributed by atoms with van der Waals surface area (Å²) in [4.78, 5) is 13.9. The second-order valence-electron chi connectivity index (χ2n) is 5.42. The number of benzene rings is 1. The van der Waals surface area contributed by atoms with Gasteiger partial charge in [-0.1, -0.05) is 43.3 Å². The van der Waals surface area contributed by atoms with E-state index in [4.69, 9.17) is 4.98 Å². The Kier molecular flexibility index (Phi) is 6.27. The van der Waals surface area contributed by atoms with Gasteiger partial charge in [-0.25, -0.2) is 15.0 Å². The summed E-state index contributed by atoms with van der Waals surface area (Å²) >= 11 is 0. The van der Waals surface area contributed by atoms with Gasteiger partial charge in [0, 0.05) is 23.9 Å². The minimum absolute atomic E-state index is 0. The van der Waals surface area contributed by atoms with Crippen LogP contribution < -0.4 is 5.32 Å². The Labute approximate surface area is 148 Å². The third-order valence-corrected chi connectivity index (χ3v) is 3.47. The first-order chi connectivity index (χ1) is 11.3. The number of nitrogens with one attached hydrogen (secondary N) is 1. The van der Waals surface area contributed by atoms with E-state index in [1.165, 1.54) is 0 Å². The number of hydrogen-bond acceptors (Lipinski definition) is 4. The first kappa shape index (κ1) is 17.9. The second kappa shape index (κ2) is 8.41. The molecule has 0 unspecified atom stereocenters. The predicted molar refractivity (Wildman–Crippen MR) is 101 cm³/mol. The van der Waals surface area contributed by atoms with Gasteiger partial charge in [-0.2, -0.15) is 0 Å². The van der Waals surface area contributed by atoms with E-state index in [-0.39, 0.29) is 12.4 Å². The molecule has 124 valence electrons. The molecule has 5 heteroatoms. The summed E-state index contributed by atoms with van der Waals surface area (Å²) in [6.45, 7) is 4.99. The highest BCUT2D eigenvalue weighted by Crippen LogP contribution is 2.23. The van der Waals surface area contributed by atoms with Crippen LogP contribution in [0.25, 0.3) is 22.8 Å². The number of halogens is 1. The quantitative estimate of drug-likeness (QED) is 0.727. The molecule has 0 radical (unpaired) electrons. The molecule has 0 fully saturated rings. The number of aryl methyl sites for hydroxylation is 1. The van der Waals surface area contributed by atoms with E-state index in [0.717, 1.165) is 41.4 Å². The van der Waals surface area contributed by atoms with Crippen LogP contribution in [0.15, 0.2) is 54.6 Å². The van der Waals surface area contributed by atoms with Crippen LogP contribution in [0, 0.1) is 6.92 Å². The Bertz CT molecular complexity index is 790. The van der Waals surface area contributed by atoms with Crippen molar-refractivity contribution >= 4 is 18.2 Å². The van der Waals surface area contributed by atoms with Gasteiger partial charge in [-0.15, -0.1) is 12.4 Å². The smallest absolute Gasteiger partial charge is 0.180 e. The maximum absolute atomic E-state index is 4.71. The zero-order valence-electron chi connectivity index (χ0n) is 13.9. The third kappa shape index (κ3) is 4.30. The Morgan fingerprint density at radius 1 is 0.875 bits per heavy atom. The summed E-state index contributed by atoms with van der Waals surface area (Å²) in [6, 6.07) is 18.0. The summed E-state index contributed by atoms with van der Waals surface area (Å²) in [6.07, 6.45) is 1.04. The third-order valence-electron chi connectivity index (χ3n) is 3.47. The molecule has 4 nitrogen and oxygen atoms in total. The molecule has 0 aliphatic carbocycles. The summed E-state index contributed by atoms with van der Waals surface area (Å²) in [5, 5.41) is 3.35. The molecule has 0 amide bonds. The fourth-order valence-electron chi connectivity index (χ4n) is 2.33. The second-order valence-corrected chi connectivity index (χ2v) is 5.42. The zero-order chi connectivity index (χ0) is 16.1. The Hall–Kier alpha value is -2.46. The van der Waals surface area contributed by atoms with Gasteiger partial charge in [0.2, 0.25) is 0 Å².